The summed E-state index contributed by atoms with van der Waals surface area (Å²) in [4.78, 5) is 38.2. The summed E-state index contributed by atoms with van der Waals surface area (Å²) in [6, 6.07) is 0. The molecule has 6 nitrogen and oxygen atoms in total. The van der Waals surface area contributed by atoms with Crippen LogP contribution in [0.5, 0.6) is 0 Å². The third kappa shape index (κ3) is 53.4. The van der Waals surface area contributed by atoms with Gasteiger partial charge in [0.15, 0.2) is 6.10 Å². The highest BCUT2D eigenvalue weighted by molar-refractivity contribution is 5.71. The van der Waals surface area contributed by atoms with Gasteiger partial charge in [-0.05, 0) is 25.2 Å². The van der Waals surface area contributed by atoms with E-state index in [4.69, 9.17) is 14.2 Å². The summed E-state index contributed by atoms with van der Waals surface area (Å²) >= 11 is 0. The van der Waals surface area contributed by atoms with Crippen LogP contribution in [-0.4, -0.2) is 37.2 Å². The summed E-state index contributed by atoms with van der Waals surface area (Å²) in [6.45, 7) is 9.07. The molecule has 0 aromatic heterocycles. The lowest BCUT2D eigenvalue weighted by molar-refractivity contribution is -0.167. The molecular weight excluding hydrogens is 817 g/mol. The van der Waals surface area contributed by atoms with Crippen LogP contribution in [-0.2, 0) is 28.6 Å². The summed E-state index contributed by atoms with van der Waals surface area (Å²) in [5.74, 6) is 0.0126. The summed E-state index contributed by atoms with van der Waals surface area (Å²) in [6.07, 6.45) is 59.5. The molecule has 1 atom stereocenters. The van der Waals surface area contributed by atoms with Crippen LogP contribution < -0.4 is 0 Å². The van der Waals surface area contributed by atoms with Gasteiger partial charge >= 0.3 is 17.9 Å². The lowest BCUT2D eigenvalue weighted by Crippen LogP contribution is -2.30. The highest BCUT2D eigenvalue weighted by atomic mass is 16.6. The Morgan fingerprint density at radius 3 is 0.742 bits per heavy atom. The summed E-state index contributed by atoms with van der Waals surface area (Å²) < 4.78 is 16.9. The van der Waals surface area contributed by atoms with E-state index >= 15 is 0 Å². The molecule has 0 bridgehead atoms. The SMILES string of the molecule is CCCCCCCCCCCCCCCCCCCC(=O)OC[C@@H](COC(=O)CCCCCCCCCCCCCCCCC(C)C)OC(=O)CCCCCCCCCCCCCCCC. The van der Waals surface area contributed by atoms with E-state index < -0.39 is 6.10 Å². The van der Waals surface area contributed by atoms with Crippen LogP contribution in [0.1, 0.15) is 342 Å². The zero-order chi connectivity index (χ0) is 48.1. The van der Waals surface area contributed by atoms with E-state index in [2.05, 4.69) is 27.7 Å². The Labute approximate surface area is 412 Å². The van der Waals surface area contributed by atoms with Crippen molar-refractivity contribution in [2.45, 2.75) is 348 Å². The summed E-state index contributed by atoms with van der Waals surface area (Å²) in [7, 11) is 0. The van der Waals surface area contributed by atoms with Crippen LogP contribution in [0.4, 0.5) is 0 Å². The number of hydrogen-bond acceptors (Lipinski definition) is 6. The van der Waals surface area contributed by atoms with Crippen molar-refractivity contribution in [3.63, 3.8) is 0 Å². The van der Waals surface area contributed by atoms with Gasteiger partial charge < -0.3 is 14.2 Å². The van der Waals surface area contributed by atoms with Crippen molar-refractivity contribution in [2.24, 2.45) is 5.92 Å². The number of ether oxygens (including phenoxy) is 3. The highest BCUT2D eigenvalue weighted by Gasteiger charge is 2.19. The Hall–Kier alpha value is -1.59. The van der Waals surface area contributed by atoms with Crippen molar-refractivity contribution < 1.29 is 28.6 Å². The van der Waals surface area contributed by atoms with E-state index in [1.807, 2.05) is 0 Å². The third-order valence-corrected chi connectivity index (χ3v) is 13.8. The van der Waals surface area contributed by atoms with Crippen molar-refractivity contribution in [3.05, 3.63) is 0 Å². The van der Waals surface area contributed by atoms with Crippen molar-refractivity contribution in [1.29, 1.82) is 0 Å². The zero-order valence-electron chi connectivity index (χ0n) is 45.2. The Morgan fingerprint density at radius 2 is 0.500 bits per heavy atom. The van der Waals surface area contributed by atoms with Crippen molar-refractivity contribution in [3.8, 4) is 0 Å². The Morgan fingerprint density at radius 1 is 0.288 bits per heavy atom. The average molecular weight is 934 g/mol. The molecule has 66 heavy (non-hydrogen) atoms. The zero-order valence-corrected chi connectivity index (χ0v) is 45.2. The molecule has 0 saturated heterocycles. The van der Waals surface area contributed by atoms with Crippen LogP contribution in [0, 0.1) is 5.92 Å². The molecule has 392 valence electrons. The van der Waals surface area contributed by atoms with Gasteiger partial charge in [0.05, 0.1) is 0 Å². The molecule has 0 rings (SSSR count). The van der Waals surface area contributed by atoms with E-state index in [9.17, 15) is 14.4 Å². The monoisotopic (exact) mass is 933 g/mol. The number of esters is 3. The Bertz CT molecular complexity index is 996. The first-order chi connectivity index (χ1) is 32.4. The van der Waals surface area contributed by atoms with Gasteiger partial charge in [-0.25, -0.2) is 0 Å². The van der Waals surface area contributed by atoms with E-state index in [1.165, 1.54) is 238 Å². The standard InChI is InChI=1S/C60H116O6/c1-5-7-9-11-13-15-17-19-21-22-23-28-31-35-39-43-47-51-58(61)64-54-57(66-60(63)53-49-45-41-37-33-27-20-18-16-14-12-10-8-6-2)55-65-59(62)52-48-44-40-36-32-29-25-24-26-30-34-38-42-46-50-56(3)4/h56-57H,5-55H2,1-4H3/t57-/m0/s1. The molecule has 6 heteroatoms. The number of unbranched alkanes of at least 4 members (excludes halogenated alkanes) is 42. The molecule has 0 aromatic carbocycles. The minimum absolute atomic E-state index is 0.0615. The van der Waals surface area contributed by atoms with Gasteiger partial charge in [-0.2, -0.15) is 0 Å². The Balaban J connectivity index is 4.28. The molecule has 0 radical (unpaired) electrons. The fourth-order valence-corrected chi connectivity index (χ4v) is 9.28. The fraction of sp³-hybridized carbons (Fsp3) is 0.950. The maximum atomic E-state index is 12.8. The molecule has 0 N–H and O–H groups in total. The molecule has 0 amide bonds. The van der Waals surface area contributed by atoms with Crippen LogP contribution >= 0.6 is 0 Å². The van der Waals surface area contributed by atoms with E-state index in [0.717, 1.165) is 63.7 Å². The molecule has 0 aliphatic heterocycles. The highest BCUT2D eigenvalue weighted by Crippen LogP contribution is 2.18. The van der Waals surface area contributed by atoms with Crippen LogP contribution in [0.3, 0.4) is 0 Å². The second-order valence-electron chi connectivity index (χ2n) is 21.1. The maximum Gasteiger partial charge on any atom is 0.306 e. The van der Waals surface area contributed by atoms with Crippen LogP contribution in [0.2, 0.25) is 0 Å². The van der Waals surface area contributed by atoms with Gasteiger partial charge in [-0.15, -0.1) is 0 Å². The lowest BCUT2D eigenvalue weighted by Gasteiger charge is -2.18. The average Bonchev–Trinajstić information content (AvgIpc) is 3.30. The summed E-state index contributed by atoms with van der Waals surface area (Å²) in [5, 5.41) is 0. The number of carbonyl (C=O) groups is 3. The van der Waals surface area contributed by atoms with Gasteiger partial charge in [0.1, 0.15) is 13.2 Å². The quantitative estimate of drug-likeness (QED) is 0.0343. The molecule has 0 fully saturated rings. The van der Waals surface area contributed by atoms with Crippen molar-refractivity contribution in [2.75, 3.05) is 13.2 Å². The van der Waals surface area contributed by atoms with Crippen LogP contribution in [0.15, 0.2) is 0 Å². The number of hydrogen-bond donors (Lipinski definition) is 0. The normalized spacial score (nSPS) is 12.0. The van der Waals surface area contributed by atoms with Crippen molar-refractivity contribution >= 4 is 17.9 Å². The fourth-order valence-electron chi connectivity index (χ4n) is 9.28. The molecule has 0 aliphatic carbocycles. The third-order valence-electron chi connectivity index (χ3n) is 13.8. The van der Waals surface area contributed by atoms with Crippen molar-refractivity contribution in [1.82, 2.24) is 0 Å². The molecule has 0 heterocycles. The second-order valence-corrected chi connectivity index (χ2v) is 21.1. The first-order valence-corrected chi connectivity index (χ1v) is 29.9. The van der Waals surface area contributed by atoms with E-state index in [-0.39, 0.29) is 31.1 Å². The minimum Gasteiger partial charge on any atom is -0.462 e. The largest absolute Gasteiger partial charge is 0.462 e. The van der Waals surface area contributed by atoms with Gasteiger partial charge in [0.25, 0.3) is 0 Å². The van der Waals surface area contributed by atoms with E-state index in [0.29, 0.717) is 19.3 Å². The second kappa shape index (κ2) is 54.4. The Kier molecular flexibility index (Phi) is 53.0. The number of rotatable bonds is 55. The predicted octanol–water partition coefficient (Wildman–Crippen LogP) is 19.8. The predicted molar refractivity (Wildman–Crippen MR) is 284 cm³/mol. The minimum atomic E-state index is -0.762. The lowest BCUT2D eigenvalue weighted by atomic mass is 10.0. The molecule has 0 spiro atoms. The molecule has 0 aromatic rings. The van der Waals surface area contributed by atoms with E-state index in [1.54, 1.807) is 0 Å². The smallest absolute Gasteiger partial charge is 0.306 e. The first kappa shape index (κ1) is 64.4. The van der Waals surface area contributed by atoms with Crippen LogP contribution in [0.25, 0.3) is 0 Å². The number of carbonyl (C=O) groups excluding carboxylic acids is 3. The van der Waals surface area contributed by atoms with Gasteiger partial charge in [-0.3, -0.25) is 14.4 Å². The maximum absolute atomic E-state index is 12.8. The van der Waals surface area contributed by atoms with Gasteiger partial charge in [0, 0.05) is 19.3 Å². The molecule has 0 unspecified atom stereocenters. The van der Waals surface area contributed by atoms with Gasteiger partial charge in [-0.1, -0.05) is 304 Å². The molecular formula is C60H116O6. The first-order valence-electron chi connectivity index (χ1n) is 29.9. The molecule has 0 aliphatic rings. The summed E-state index contributed by atoms with van der Waals surface area (Å²) in [5.41, 5.74) is 0. The van der Waals surface area contributed by atoms with Gasteiger partial charge in [0.2, 0.25) is 0 Å². The molecule has 0 saturated carbocycles. The topological polar surface area (TPSA) is 78.9 Å².